The summed E-state index contributed by atoms with van der Waals surface area (Å²) in [6.07, 6.45) is 2.18. The predicted octanol–water partition coefficient (Wildman–Crippen LogP) is 5.47. The van der Waals surface area contributed by atoms with E-state index in [1.165, 1.54) is 0 Å². The van der Waals surface area contributed by atoms with Gasteiger partial charge in [-0.25, -0.2) is 4.39 Å². The highest BCUT2D eigenvalue weighted by molar-refractivity contribution is 5.47. The first-order valence-electron chi connectivity index (χ1n) is 8.83. The lowest BCUT2D eigenvalue weighted by Gasteiger charge is -2.35. The van der Waals surface area contributed by atoms with E-state index >= 15 is 0 Å². The van der Waals surface area contributed by atoms with E-state index in [-0.39, 0.29) is 5.82 Å². The average molecular weight is 311 g/mol. The van der Waals surface area contributed by atoms with Crippen LogP contribution in [-0.2, 0) is 0 Å². The van der Waals surface area contributed by atoms with E-state index in [9.17, 15) is 4.39 Å². The maximum absolute atomic E-state index is 13.7. The number of likely N-dealkylation sites (tertiary alicyclic amines) is 1. The molecule has 1 saturated heterocycles. The fourth-order valence-electron chi connectivity index (χ4n) is 2.52. The lowest BCUT2D eigenvalue weighted by atomic mass is 10.0. The van der Waals surface area contributed by atoms with Crippen LogP contribution in [0.15, 0.2) is 18.2 Å². The molecule has 0 aromatic heterocycles. The van der Waals surface area contributed by atoms with E-state index in [1.807, 2.05) is 46.8 Å². The molecule has 2 nitrogen and oxygen atoms in total. The van der Waals surface area contributed by atoms with Gasteiger partial charge in [0.25, 0.3) is 0 Å². The molecule has 0 bridgehead atoms. The molecule has 1 heterocycles. The summed E-state index contributed by atoms with van der Waals surface area (Å²) in [5, 5.41) is 3.33. The molecule has 1 aliphatic heterocycles. The predicted molar refractivity (Wildman–Crippen MR) is 97.2 cm³/mol. The Hall–Kier alpha value is -1.09. The van der Waals surface area contributed by atoms with Gasteiger partial charge < -0.3 is 10.2 Å². The van der Waals surface area contributed by atoms with Gasteiger partial charge in [-0.1, -0.05) is 33.8 Å². The van der Waals surface area contributed by atoms with Gasteiger partial charge in [0, 0.05) is 25.2 Å². The number of piperidine rings is 1. The van der Waals surface area contributed by atoms with Crippen molar-refractivity contribution >= 4 is 5.69 Å². The normalized spacial score (nSPS) is 15.5. The molecule has 1 N–H and O–H groups in total. The van der Waals surface area contributed by atoms with Gasteiger partial charge >= 0.3 is 0 Å². The van der Waals surface area contributed by atoms with Crippen LogP contribution in [0.5, 0.6) is 0 Å². The topological polar surface area (TPSA) is 15.3 Å². The summed E-state index contributed by atoms with van der Waals surface area (Å²) in [4.78, 5) is 2.48. The fourth-order valence-corrected chi connectivity index (χ4v) is 2.52. The van der Waals surface area contributed by atoms with Crippen molar-refractivity contribution in [3.63, 3.8) is 0 Å². The number of hydrogen-bond donors (Lipinski definition) is 1. The molecule has 0 radical (unpaired) electrons. The van der Waals surface area contributed by atoms with Crippen LogP contribution < -0.4 is 5.32 Å². The molecule has 0 aliphatic carbocycles. The molecule has 0 atom stereocenters. The minimum atomic E-state index is -0.138. The monoisotopic (exact) mass is 310 g/mol. The van der Waals surface area contributed by atoms with Gasteiger partial charge in [-0.2, -0.15) is 0 Å². The van der Waals surface area contributed by atoms with Crippen molar-refractivity contribution in [2.75, 3.05) is 18.4 Å². The fraction of sp³-hybridized carbons (Fsp3) is 0.684. The van der Waals surface area contributed by atoms with E-state index in [0.29, 0.717) is 17.8 Å². The highest BCUT2D eigenvalue weighted by Gasteiger charge is 2.21. The molecule has 1 aromatic carbocycles. The number of hydrogen-bond acceptors (Lipinski definition) is 2. The second kappa shape index (κ2) is 11.5. The van der Waals surface area contributed by atoms with Crippen molar-refractivity contribution in [2.24, 2.45) is 0 Å². The Bertz CT molecular complexity index is 396. The van der Waals surface area contributed by atoms with Crippen LogP contribution in [0.1, 0.15) is 59.9 Å². The summed E-state index contributed by atoms with van der Waals surface area (Å²) in [7, 11) is 0. The van der Waals surface area contributed by atoms with E-state index in [4.69, 9.17) is 0 Å². The molecule has 0 amide bonds. The summed E-state index contributed by atoms with van der Waals surface area (Å²) < 4.78 is 13.7. The quantitative estimate of drug-likeness (QED) is 0.796. The van der Waals surface area contributed by atoms with E-state index in [0.717, 1.165) is 31.5 Å². The molecule has 0 spiro atoms. The van der Waals surface area contributed by atoms with Crippen LogP contribution in [0, 0.1) is 12.7 Å². The number of nitrogens with zero attached hydrogens (tertiary/aromatic N) is 1. The summed E-state index contributed by atoms with van der Waals surface area (Å²) in [5.41, 5.74) is 1.61. The van der Waals surface area contributed by atoms with Crippen molar-refractivity contribution in [1.29, 1.82) is 0 Å². The van der Waals surface area contributed by atoms with Gasteiger partial charge in [-0.05, 0) is 51.3 Å². The largest absolute Gasteiger partial charge is 0.380 e. The second-order valence-corrected chi connectivity index (χ2v) is 5.53. The molecule has 0 saturated carbocycles. The van der Waals surface area contributed by atoms with Gasteiger partial charge in [-0.3, -0.25) is 0 Å². The van der Waals surface area contributed by atoms with Crippen molar-refractivity contribution in [2.45, 2.75) is 73.4 Å². The zero-order valence-corrected chi connectivity index (χ0v) is 15.5. The summed E-state index contributed by atoms with van der Waals surface area (Å²) >= 11 is 0. The Labute approximate surface area is 137 Å². The second-order valence-electron chi connectivity index (χ2n) is 5.53. The standard InChI is InChI=1S/C15H23FN2.2C2H6/c1-11(2)18-8-6-13(7-9-18)17-15-5-4-12(3)10-14(15)16;2*1-2/h4-5,10-11,13,17H,6-9H2,1-3H3;2*1-2H3. The zero-order chi connectivity index (χ0) is 17.1. The van der Waals surface area contributed by atoms with Crippen LogP contribution in [0.2, 0.25) is 0 Å². The Morgan fingerprint density at radius 2 is 1.64 bits per heavy atom. The molecular formula is C19H35FN2. The zero-order valence-electron chi connectivity index (χ0n) is 15.5. The number of rotatable bonds is 3. The van der Waals surface area contributed by atoms with Crippen molar-refractivity contribution in [1.82, 2.24) is 4.90 Å². The number of halogens is 1. The van der Waals surface area contributed by atoms with Crippen molar-refractivity contribution in [3.05, 3.63) is 29.6 Å². The smallest absolute Gasteiger partial charge is 0.146 e. The van der Waals surface area contributed by atoms with Crippen LogP contribution >= 0.6 is 0 Å². The molecule has 128 valence electrons. The third kappa shape index (κ3) is 6.78. The maximum Gasteiger partial charge on any atom is 0.146 e. The highest BCUT2D eigenvalue weighted by atomic mass is 19.1. The van der Waals surface area contributed by atoms with Gasteiger partial charge in [0.2, 0.25) is 0 Å². The Balaban J connectivity index is 0.00000102. The molecule has 0 unspecified atom stereocenters. The maximum atomic E-state index is 13.7. The third-order valence-corrected chi connectivity index (χ3v) is 3.74. The summed E-state index contributed by atoms with van der Waals surface area (Å²) in [6.45, 7) is 16.6. The van der Waals surface area contributed by atoms with Crippen LogP contribution in [0.3, 0.4) is 0 Å². The lowest BCUT2D eigenvalue weighted by molar-refractivity contribution is 0.177. The van der Waals surface area contributed by atoms with Gasteiger partial charge in [-0.15, -0.1) is 0 Å². The molecule has 3 heteroatoms. The number of benzene rings is 1. The number of anilines is 1. The minimum Gasteiger partial charge on any atom is -0.380 e. The van der Waals surface area contributed by atoms with Gasteiger partial charge in [0.05, 0.1) is 5.69 Å². The van der Waals surface area contributed by atoms with E-state index < -0.39 is 0 Å². The summed E-state index contributed by atoms with van der Waals surface area (Å²) in [6, 6.07) is 6.40. The first-order chi connectivity index (χ1) is 10.6. The molecule has 1 aliphatic rings. The van der Waals surface area contributed by atoms with Gasteiger partial charge in [0.15, 0.2) is 0 Å². The SMILES string of the molecule is CC.CC.Cc1ccc(NC2CCN(C(C)C)CC2)c(F)c1. The molecular weight excluding hydrogens is 275 g/mol. The van der Waals surface area contributed by atoms with Crippen LogP contribution in [0.25, 0.3) is 0 Å². The summed E-state index contributed by atoms with van der Waals surface area (Å²) in [5.74, 6) is -0.138. The molecule has 2 rings (SSSR count). The van der Waals surface area contributed by atoms with Crippen LogP contribution in [-0.4, -0.2) is 30.1 Å². The van der Waals surface area contributed by atoms with E-state index in [2.05, 4.69) is 24.1 Å². The number of nitrogens with one attached hydrogen (secondary N) is 1. The average Bonchev–Trinajstić information content (AvgIpc) is 2.54. The van der Waals surface area contributed by atoms with Crippen molar-refractivity contribution < 1.29 is 4.39 Å². The third-order valence-electron chi connectivity index (χ3n) is 3.74. The van der Waals surface area contributed by atoms with Crippen molar-refractivity contribution in [3.8, 4) is 0 Å². The Morgan fingerprint density at radius 1 is 1.09 bits per heavy atom. The molecule has 22 heavy (non-hydrogen) atoms. The first kappa shape index (κ1) is 20.9. The minimum absolute atomic E-state index is 0.138. The van der Waals surface area contributed by atoms with E-state index in [1.54, 1.807) is 6.07 Å². The first-order valence-corrected chi connectivity index (χ1v) is 8.83. The lowest BCUT2D eigenvalue weighted by Crippen LogP contribution is -2.42. The van der Waals surface area contributed by atoms with Gasteiger partial charge in [0.1, 0.15) is 5.82 Å². The molecule has 1 fully saturated rings. The highest BCUT2D eigenvalue weighted by Crippen LogP contribution is 2.21. The van der Waals surface area contributed by atoms with Crippen LogP contribution in [0.4, 0.5) is 10.1 Å². The molecule has 1 aromatic rings. The number of aryl methyl sites for hydroxylation is 1. The Kier molecular flexibility index (Phi) is 10.9. The Morgan fingerprint density at radius 3 is 2.09 bits per heavy atom.